The van der Waals surface area contributed by atoms with E-state index < -0.39 is 23.2 Å². The highest BCUT2D eigenvalue weighted by molar-refractivity contribution is 5.93. The van der Waals surface area contributed by atoms with Gasteiger partial charge in [-0.1, -0.05) is 0 Å². The fourth-order valence-electron chi connectivity index (χ4n) is 0.290. The molecule has 0 saturated heterocycles. The maximum absolute atomic E-state index is 10.3. The summed E-state index contributed by atoms with van der Waals surface area (Å²) in [4.78, 5) is 29.0. The largest absolute Gasteiger partial charge is 0.454 e. The molecule has 0 atom stereocenters. The number of rotatable bonds is 2. The molecular weight excluding hydrogens is 140 g/mol. The third-order valence-electron chi connectivity index (χ3n) is 0.794. The van der Waals surface area contributed by atoms with E-state index >= 15 is 0 Å². The summed E-state index contributed by atoms with van der Waals surface area (Å²) in [5, 5.41) is 11.7. The molecule has 0 aliphatic rings. The van der Waals surface area contributed by atoms with Crippen molar-refractivity contribution in [1.29, 1.82) is 0 Å². The van der Waals surface area contributed by atoms with E-state index in [0.29, 0.717) is 0 Å². The molecule has 0 fully saturated rings. The van der Waals surface area contributed by atoms with Crippen molar-refractivity contribution in [3.8, 4) is 0 Å². The zero-order valence-electron chi connectivity index (χ0n) is 5.29. The quantitative estimate of drug-likeness (QED) is 0.305. The zero-order chi connectivity index (χ0) is 8.15. The molecule has 0 rings (SSSR count). The lowest BCUT2D eigenvalue weighted by atomic mass is 10.4. The van der Waals surface area contributed by atoms with Crippen molar-refractivity contribution in [3.05, 3.63) is 10.1 Å². The number of nitro groups is 1. The first-order valence-electron chi connectivity index (χ1n) is 2.45. The minimum atomic E-state index is -1.29. The normalized spacial score (nSPS) is 8.50. The first-order chi connectivity index (χ1) is 4.57. The van der Waals surface area contributed by atoms with Gasteiger partial charge in [0.15, 0.2) is 6.42 Å². The van der Waals surface area contributed by atoms with Crippen LogP contribution in [-0.4, -0.2) is 23.8 Å². The van der Waals surface area contributed by atoms with Gasteiger partial charge in [0, 0.05) is 7.05 Å². The summed E-state index contributed by atoms with van der Waals surface area (Å²) in [5.74, 6) is -1.94. The maximum atomic E-state index is 10.3. The molecule has 0 spiro atoms. The molecule has 0 aliphatic carbocycles. The topological polar surface area (TPSA) is 89.3 Å². The van der Waals surface area contributed by atoms with Gasteiger partial charge in [0.25, 0.3) is 0 Å². The van der Waals surface area contributed by atoms with E-state index in [2.05, 4.69) is 5.32 Å². The Morgan fingerprint density at radius 1 is 1.60 bits per heavy atom. The summed E-state index contributed by atoms with van der Waals surface area (Å²) >= 11 is 0. The highest BCUT2D eigenvalue weighted by Gasteiger charge is 2.18. The number of hydrogen-bond donors (Lipinski definition) is 1. The van der Waals surface area contributed by atoms with Gasteiger partial charge in [0.05, 0.1) is 0 Å². The molecule has 6 heteroatoms. The molecule has 0 radical (unpaired) electrons. The van der Waals surface area contributed by atoms with Crippen LogP contribution in [0.25, 0.3) is 0 Å². The monoisotopic (exact) mass is 146 g/mol. The van der Waals surface area contributed by atoms with E-state index in [1.807, 2.05) is 0 Å². The lowest BCUT2D eigenvalue weighted by Crippen LogP contribution is -2.24. The van der Waals surface area contributed by atoms with Crippen LogP contribution in [-0.2, 0) is 9.59 Å². The van der Waals surface area contributed by atoms with Crippen LogP contribution < -0.4 is 5.32 Å². The molecule has 0 bridgehead atoms. The van der Waals surface area contributed by atoms with E-state index in [4.69, 9.17) is 0 Å². The van der Waals surface area contributed by atoms with Gasteiger partial charge in [-0.15, -0.1) is 0 Å². The molecular formula is C4H6N2O4. The second-order valence-electron chi connectivity index (χ2n) is 1.50. The molecule has 10 heavy (non-hydrogen) atoms. The Labute approximate surface area is 56.4 Å². The smallest absolute Gasteiger partial charge is 0.359 e. The van der Waals surface area contributed by atoms with Gasteiger partial charge in [-0.25, -0.2) is 4.79 Å². The van der Waals surface area contributed by atoms with Gasteiger partial charge in [-0.2, -0.15) is 0 Å². The zero-order valence-corrected chi connectivity index (χ0v) is 5.29. The molecule has 0 aromatic rings. The Kier molecular flexibility index (Phi) is 3.03. The first-order valence-corrected chi connectivity index (χ1v) is 2.45. The molecule has 0 saturated carbocycles. The minimum absolute atomic E-state index is 0.651. The molecule has 0 aliphatic heterocycles. The fraction of sp³-hybridized carbons (Fsp3) is 0.500. The summed E-state index contributed by atoms with van der Waals surface area (Å²) < 4.78 is 0. The van der Waals surface area contributed by atoms with Crippen molar-refractivity contribution >= 4 is 11.8 Å². The van der Waals surface area contributed by atoms with Gasteiger partial charge in [0.1, 0.15) is 4.92 Å². The predicted octanol–water partition coefficient (Wildman–Crippen LogP) is -1.07. The Hall–Kier alpha value is -1.46. The standard InChI is InChI=1S/C4H6N2O4/c1-5-3(7)2-4(8)6(9)10/h2H2,1H3,(H,5,7). The Morgan fingerprint density at radius 2 is 2.10 bits per heavy atom. The van der Waals surface area contributed by atoms with Crippen LogP contribution in [0.15, 0.2) is 0 Å². The fourth-order valence-corrected chi connectivity index (χ4v) is 0.290. The third kappa shape index (κ3) is 2.75. The molecule has 0 aromatic heterocycles. The molecule has 2 amide bonds. The summed E-state index contributed by atoms with van der Waals surface area (Å²) in [7, 11) is 1.30. The Balaban J connectivity index is 3.80. The number of nitrogens with zero attached hydrogens (tertiary/aromatic N) is 1. The van der Waals surface area contributed by atoms with Crippen molar-refractivity contribution in [2.45, 2.75) is 6.42 Å². The van der Waals surface area contributed by atoms with Gasteiger partial charge >= 0.3 is 5.91 Å². The minimum Gasteiger partial charge on any atom is -0.359 e. The summed E-state index contributed by atoms with van der Waals surface area (Å²) in [6, 6.07) is 0. The van der Waals surface area contributed by atoms with Gasteiger partial charge < -0.3 is 5.32 Å². The lowest BCUT2D eigenvalue weighted by molar-refractivity contribution is -0.401. The SMILES string of the molecule is CNC(=O)CC(=O)[N+](=O)[O-]. The van der Waals surface area contributed by atoms with Crippen molar-refractivity contribution in [3.63, 3.8) is 0 Å². The molecule has 56 valence electrons. The van der Waals surface area contributed by atoms with Crippen LogP contribution in [0.5, 0.6) is 0 Å². The highest BCUT2D eigenvalue weighted by Crippen LogP contribution is 1.82. The van der Waals surface area contributed by atoms with Crippen LogP contribution >= 0.6 is 0 Å². The average molecular weight is 146 g/mol. The number of hydrogen-bond acceptors (Lipinski definition) is 4. The van der Waals surface area contributed by atoms with Crippen molar-refractivity contribution in [2.24, 2.45) is 0 Å². The summed E-state index contributed by atoms with van der Waals surface area (Å²) in [6.45, 7) is 0. The second kappa shape index (κ2) is 3.54. The lowest BCUT2D eigenvalue weighted by Gasteiger charge is -1.90. The van der Waals surface area contributed by atoms with Crippen LogP contribution in [0.3, 0.4) is 0 Å². The highest BCUT2D eigenvalue weighted by atomic mass is 16.6. The van der Waals surface area contributed by atoms with E-state index in [9.17, 15) is 19.7 Å². The average Bonchev–Trinajstić information content (AvgIpc) is 1.87. The molecule has 0 unspecified atom stereocenters. The number of nitrogens with one attached hydrogen (secondary N) is 1. The number of carbonyl (C=O) groups is 2. The molecule has 1 N–H and O–H groups in total. The van der Waals surface area contributed by atoms with Gasteiger partial charge in [0.2, 0.25) is 5.91 Å². The van der Waals surface area contributed by atoms with Gasteiger partial charge in [-0.05, 0) is 0 Å². The van der Waals surface area contributed by atoms with Crippen LogP contribution in [0.2, 0.25) is 0 Å². The van der Waals surface area contributed by atoms with Crippen molar-refractivity contribution in [1.82, 2.24) is 5.32 Å². The number of amides is 2. The predicted molar refractivity (Wildman–Crippen MR) is 30.7 cm³/mol. The van der Waals surface area contributed by atoms with Crippen LogP contribution in [0, 0.1) is 10.1 Å². The maximum Gasteiger partial charge on any atom is 0.454 e. The molecule has 0 heterocycles. The van der Waals surface area contributed by atoms with E-state index in [-0.39, 0.29) is 0 Å². The molecule has 0 aromatic carbocycles. The number of carbonyl (C=O) groups excluding carboxylic acids is 2. The van der Waals surface area contributed by atoms with E-state index in [1.165, 1.54) is 7.05 Å². The van der Waals surface area contributed by atoms with E-state index in [1.54, 1.807) is 0 Å². The summed E-state index contributed by atoms with van der Waals surface area (Å²) in [6.07, 6.45) is -0.691. The molecule has 6 nitrogen and oxygen atoms in total. The van der Waals surface area contributed by atoms with Crippen LogP contribution in [0.1, 0.15) is 6.42 Å². The van der Waals surface area contributed by atoms with Crippen molar-refractivity contribution in [2.75, 3.05) is 7.05 Å². The van der Waals surface area contributed by atoms with E-state index in [0.717, 1.165) is 0 Å². The van der Waals surface area contributed by atoms with Gasteiger partial charge in [-0.3, -0.25) is 14.9 Å². The Bertz CT molecular complexity index is 176. The van der Waals surface area contributed by atoms with Crippen LogP contribution in [0.4, 0.5) is 0 Å². The Morgan fingerprint density at radius 3 is 2.40 bits per heavy atom. The summed E-state index contributed by atoms with van der Waals surface area (Å²) in [5.41, 5.74) is 0. The third-order valence-corrected chi connectivity index (χ3v) is 0.794. The first kappa shape index (κ1) is 8.54. The second-order valence-corrected chi connectivity index (χ2v) is 1.50. The van der Waals surface area contributed by atoms with Crippen molar-refractivity contribution < 1.29 is 14.5 Å².